The second kappa shape index (κ2) is 14.6. The van der Waals surface area contributed by atoms with E-state index in [9.17, 15) is 49.4 Å². The maximum absolute atomic E-state index is 13.7. The molecule has 1 aliphatic carbocycles. The van der Waals surface area contributed by atoms with Crippen molar-refractivity contribution in [2.45, 2.75) is 71.3 Å². The molecule has 1 saturated carbocycles. The molecule has 262 valence electrons. The molecule has 5 nitrogen and oxygen atoms in total. The number of hydrogen-bond acceptors (Lipinski definition) is 4. The smallest absolute Gasteiger partial charge is 0.481 e. The van der Waals surface area contributed by atoms with Gasteiger partial charge in [-0.25, -0.2) is 0 Å². The molecule has 48 heavy (non-hydrogen) atoms. The van der Waals surface area contributed by atoms with Crippen LogP contribution in [0.3, 0.4) is 0 Å². The van der Waals surface area contributed by atoms with E-state index in [1.165, 1.54) is 17.0 Å². The minimum absolute atomic E-state index is 0.0405. The predicted octanol–water partition coefficient (Wildman–Crippen LogP) is 9.86. The molecule has 0 aliphatic heterocycles. The summed E-state index contributed by atoms with van der Waals surface area (Å²) in [6.07, 6.45) is -12.9. The molecular weight excluding hydrogens is 655 g/mol. The Kier molecular flexibility index (Phi) is 11.1. The highest BCUT2D eigenvalue weighted by Gasteiger charge is 2.37. The van der Waals surface area contributed by atoms with Crippen molar-refractivity contribution < 1.29 is 54.2 Å². The molecule has 0 bridgehead atoms. The highest BCUT2D eigenvalue weighted by molar-refractivity contribution is 5.70. The van der Waals surface area contributed by atoms with Gasteiger partial charge in [-0.15, -0.1) is 13.2 Å². The van der Waals surface area contributed by atoms with Crippen LogP contribution in [0.15, 0.2) is 60.7 Å². The van der Waals surface area contributed by atoms with Crippen LogP contribution < -0.4 is 14.5 Å². The molecule has 1 aliphatic rings. The van der Waals surface area contributed by atoms with Gasteiger partial charge in [0.15, 0.2) is 0 Å². The van der Waals surface area contributed by atoms with Crippen LogP contribution in [0.25, 0.3) is 0 Å². The van der Waals surface area contributed by atoms with E-state index in [4.69, 9.17) is 0 Å². The Bertz CT molecular complexity index is 1510. The van der Waals surface area contributed by atoms with Crippen molar-refractivity contribution in [3.8, 4) is 5.75 Å². The van der Waals surface area contributed by atoms with Gasteiger partial charge in [-0.1, -0.05) is 17.7 Å². The molecule has 0 unspecified atom stereocenters. The summed E-state index contributed by atoms with van der Waals surface area (Å²) in [6.45, 7) is 3.86. The highest BCUT2D eigenvalue weighted by Crippen LogP contribution is 2.38. The lowest BCUT2D eigenvalue weighted by Gasteiger charge is -2.34. The first-order chi connectivity index (χ1) is 22.3. The fourth-order valence-corrected chi connectivity index (χ4v) is 6.03. The number of halogens is 9. The van der Waals surface area contributed by atoms with E-state index in [0.717, 1.165) is 11.6 Å². The highest BCUT2D eigenvalue weighted by atomic mass is 19.4. The average Bonchev–Trinajstić information content (AvgIpc) is 2.99. The molecule has 0 atom stereocenters. The van der Waals surface area contributed by atoms with Gasteiger partial charge >= 0.3 is 24.7 Å². The average molecular weight is 691 g/mol. The van der Waals surface area contributed by atoms with E-state index in [1.54, 1.807) is 31.2 Å². The Labute approximate surface area is 271 Å². The topological polar surface area (TPSA) is 53.0 Å². The second-order valence-corrected chi connectivity index (χ2v) is 12.0. The van der Waals surface area contributed by atoms with Crippen LogP contribution in [-0.4, -0.2) is 30.5 Å². The molecule has 0 heterocycles. The van der Waals surface area contributed by atoms with E-state index in [0.29, 0.717) is 67.8 Å². The zero-order valence-corrected chi connectivity index (χ0v) is 26.1. The summed E-state index contributed by atoms with van der Waals surface area (Å²) in [6, 6.07) is 11.7. The molecule has 0 amide bonds. The van der Waals surface area contributed by atoms with Crippen LogP contribution in [-0.2, 0) is 30.2 Å². The predicted molar refractivity (Wildman–Crippen MR) is 162 cm³/mol. The van der Waals surface area contributed by atoms with Crippen LogP contribution >= 0.6 is 0 Å². The second-order valence-electron chi connectivity index (χ2n) is 12.0. The number of carboxylic acid groups (broad SMARTS) is 1. The van der Waals surface area contributed by atoms with Gasteiger partial charge in [-0.05, 0) is 105 Å². The Hall–Kier alpha value is -4.10. The molecule has 0 aromatic heterocycles. The van der Waals surface area contributed by atoms with Crippen LogP contribution in [0.5, 0.6) is 5.75 Å². The van der Waals surface area contributed by atoms with E-state index >= 15 is 0 Å². The normalized spacial score (nSPS) is 17.2. The van der Waals surface area contributed by atoms with Gasteiger partial charge in [0.1, 0.15) is 5.75 Å². The number of benzene rings is 3. The number of alkyl halides is 9. The molecule has 1 fully saturated rings. The number of nitrogens with zero attached hydrogens (tertiary/aromatic N) is 2. The molecule has 0 radical (unpaired) electrons. The zero-order valence-electron chi connectivity index (χ0n) is 26.1. The van der Waals surface area contributed by atoms with Gasteiger partial charge in [0, 0.05) is 37.6 Å². The lowest BCUT2D eigenvalue weighted by molar-refractivity contribution is -0.274. The van der Waals surface area contributed by atoms with Crippen molar-refractivity contribution in [2.24, 2.45) is 11.8 Å². The van der Waals surface area contributed by atoms with Crippen LogP contribution in [0.1, 0.15) is 60.4 Å². The van der Waals surface area contributed by atoms with Gasteiger partial charge in [0.2, 0.25) is 0 Å². The Morgan fingerprint density at radius 3 is 1.88 bits per heavy atom. The zero-order chi connectivity index (χ0) is 35.4. The van der Waals surface area contributed by atoms with Gasteiger partial charge in [0.05, 0.1) is 17.0 Å². The fourth-order valence-electron chi connectivity index (χ4n) is 6.03. The van der Waals surface area contributed by atoms with Gasteiger partial charge in [0.25, 0.3) is 0 Å². The number of anilines is 2. The molecular formula is C34H35F9N2O3. The third-order valence-corrected chi connectivity index (χ3v) is 8.46. The lowest BCUT2D eigenvalue weighted by Crippen LogP contribution is -2.34. The largest absolute Gasteiger partial charge is 0.573 e. The van der Waals surface area contributed by atoms with Crippen molar-refractivity contribution in [2.75, 3.05) is 22.9 Å². The number of ether oxygens (including phenoxy) is 1. The van der Waals surface area contributed by atoms with E-state index in [-0.39, 0.29) is 24.1 Å². The molecule has 3 aromatic carbocycles. The van der Waals surface area contributed by atoms with E-state index in [2.05, 4.69) is 4.74 Å². The maximum atomic E-state index is 13.7. The van der Waals surface area contributed by atoms with E-state index in [1.807, 2.05) is 11.8 Å². The molecule has 4 rings (SSSR count). The Morgan fingerprint density at radius 1 is 0.792 bits per heavy atom. The van der Waals surface area contributed by atoms with Crippen LogP contribution in [0.4, 0.5) is 50.9 Å². The number of carboxylic acids is 1. The summed E-state index contributed by atoms with van der Waals surface area (Å²) in [4.78, 5) is 14.8. The quantitative estimate of drug-likeness (QED) is 0.203. The van der Waals surface area contributed by atoms with Crippen molar-refractivity contribution in [1.29, 1.82) is 0 Å². The first kappa shape index (κ1) is 36.7. The van der Waals surface area contributed by atoms with Gasteiger partial charge < -0.3 is 19.6 Å². The van der Waals surface area contributed by atoms with Crippen molar-refractivity contribution in [1.82, 2.24) is 0 Å². The molecule has 0 saturated heterocycles. The van der Waals surface area contributed by atoms with E-state index < -0.39 is 54.0 Å². The van der Waals surface area contributed by atoms with Crippen LogP contribution in [0.2, 0.25) is 0 Å². The summed E-state index contributed by atoms with van der Waals surface area (Å²) in [7, 11) is 0. The number of aliphatic carboxylic acids is 1. The number of hydrogen-bond donors (Lipinski definition) is 1. The summed E-state index contributed by atoms with van der Waals surface area (Å²) in [5.74, 6) is -1.75. The summed E-state index contributed by atoms with van der Waals surface area (Å²) < 4.78 is 126. The van der Waals surface area contributed by atoms with Crippen molar-refractivity contribution >= 4 is 17.3 Å². The standard InChI is InChI=1S/C34H35F9N2O3/c1-3-44(18-22-6-8-24(9-7-22)31(46)47)30-13-12-29(48-34(41,42)43)16-25(30)20-45(28-10-4-21(2)5-11-28)19-23-14-26(32(35,36)37)17-27(15-23)33(38,39)40/h4-5,10-17,22,24H,3,6-9,18-20H2,1-2H3,(H,46,47)/t22-,24-. The maximum Gasteiger partial charge on any atom is 0.573 e. The molecule has 1 N–H and O–H groups in total. The van der Waals surface area contributed by atoms with Crippen LogP contribution in [0, 0.1) is 18.8 Å². The van der Waals surface area contributed by atoms with Crippen molar-refractivity contribution in [3.05, 3.63) is 88.5 Å². The van der Waals surface area contributed by atoms with Gasteiger partial charge in [-0.2, -0.15) is 26.3 Å². The fraction of sp³-hybridized carbons (Fsp3) is 0.441. The molecule has 0 spiro atoms. The SMILES string of the molecule is CCN(C[C@H]1CC[C@H](C(=O)O)CC1)c1ccc(OC(F)(F)F)cc1CN(Cc1cc(C(F)(F)F)cc(C(F)(F)F)c1)c1ccc(C)cc1. The molecule has 3 aromatic rings. The molecule has 14 heteroatoms. The number of aryl methyl sites for hydroxylation is 1. The third-order valence-electron chi connectivity index (χ3n) is 8.46. The summed E-state index contributed by atoms with van der Waals surface area (Å²) >= 11 is 0. The number of rotatable bonds is 11. The minimum Gasteiger partial charge on any atom is -0.481 e. The first-order valence-electron chi connectivity index (χ1n) is 15.3. The Morgan fingerprint density at radius 2 is 1.38 bits per heavy atom. The van der Waals surface area contributed by atoms with Crippen molar-refractivity contribution in [3.63, 3.8) is 0 Å². The summed E-state index contributed by atoms with van der Waals surface area (Å²) in [5, 5.41) is 9.36. The minimum atomic E-state index is -5.06. The first-order valence-corrected chi connectivity index (χ1v) is 15.3. The third kappa shape index (κ3) is 9.96. The Balaban J connectivity index is 1.76. The summed E-state index contributed by atoms with van der Waals surface area (Å²) in [5.41, 5.74) is -1.22. The lowest BCUT2D eigenvalue weighted by atomic mass is 9.81. The van der Waals surface area contributed by atoms with Gasteiger partial charge in [-0.3, -0.25) is 4.79 Å². The monoisotopic (exact) mass is 690 g/mol. The number of carbonyl (C=O) groups is 1.